The van der Waals surface area contributed by atoms with Crippen molar-refractivity contribution in [3.8, 4) is 11.4 Å². The number of halogens is 1. The lowest BCUT2D eigenvalue weighted by molar-refractivity contribution is 0.181. The van der Waals surface area contributed by atoms with Gasteiger partial charge in [-0.15, -0.1) is 0 Å². The van der Waals surface area contributed by atoms with Crippen LogP contribution in [0.5, 0.6) is 0 Å². The number of rotatable bonds is 4. The monoisotopic (exact) mass is 337 g/mol. The van der Waals surface area contributed by atoms with Gasteiger partial charge in [-0.3, -0.25) is 4.98 Å². The van der Waals surface area contributed by atoms with Crippen molar-refractivity contribution >= 4 is 0 Å². The van der Waals surface area contributed by atoms with E-state index in [-0.39, 0.29) is 11.9 Å². The first kappa shape index (κ1) is 16.0. The van der Waals surface area contributed by atoms with Crippen molar-refractivity contribution in [2.24, 2.45) is 5.92 Å². The summed E-state index contributed by atoms with van der Waals surface area (Å²) in [5, 5.41) is 0. The molecular formula is C20H20FN3O. The second-order valence-corrected chi connectivity index (χ2v) is 6.49. The van der Waals surface area contributed by atoms with E-state index < -0.39 is 0 Å². The molecule has 1 aliphatic heterocycles. The number of aromatic nitrogens is 3. The Balaban J connectivity index is 1.66. The molecule has 0 amide bonds. The van der Waals surface area contributed by atoms with Gasteiger partial charge in [-0.2, -0.15) is 0 Å². The Labute approximate surface area is 146 Å². The van der Waals surface area contributed by atoms with Crippen LogP contribution in [-0.4, -0.2) is 27.7 Å². The van der Waals surface area contributed by atoms with Crippen LogP contribution in [0.2, 0.25) is 0 Å². The smallest absolute Gasteiger partial charge is 0.140 e. The first-order valence-electron chi connectivity index (χ1n) is 8.49. The van der Waals surface area contributed by atoms with E-state index in [4.69, 9.17) is 4.74 Å². The SMILES string of the molecule is Cc1c(F)cccc1-c1nccn1[C@@H]1COC[C@@H]1Cc1ccncc1. The van der Waals surface area contributed by atoms with Crippen LogP contribution in [0.15, 0.2) is 55.1 Å². The van der Waals surface area contributed by atoms with E-state index in [0.717, 1.165) is 17.8 Å². The molecule has 128 valence electrons. The van der Waals surface area contributed by atoms with Gasteiger partial charge in [0.05, 0.1) is 19.3 Å². The van der Waals surface area contributed by atoms with Crippen molar-refractivity contribution in [2.75, 3.05) is 13.2 Å². The molecule has 1 saturated heterocycles. The predicted octanol–water partition coefficient (Wildman–Crippen LogP) is 3.82. The first-order valence-corrected chi connectivity index (χ1v) is 8.49. The highest BCUT2D eigenvalue weighted by molar-refractivity contribution is 5.60. The Morgan fingerprint density at radius 3 is 2.84 bits per heavy atom. The predicted molar refractivity (Wildman–Crippen MR) is 93.6 cm³/mol. The van der Waals surface area contributed by atoms with Crippen LogP contribution in [0.1, 0.15) is 17.2 Å². The Bertz CT molecular complexity index is 862. The summed E-state index contributed by atoms with van der Waals surface area (Å²) in [6.07, 6.45) is 8.31. The molecule has 0 bridgehead atoms. The molecule has 1 aliphatic rings. The number of nitrogens with zero attached hydrogens (tertiary/aromatic N) is 3. The van der Waals surface area contributed by atoms with Gasteiger partial charge in [-0.1, -0.05) is 12.1 Å². The standard InChI is InChI=1S/C20H20FN3O/c1-14-17(3-2-4-18(14)21)20-23-9-10-24(20)19-13-25-12-16(19)11-15-5-7-22-8-6-15/h2-10,16,19H,11-13H2,1H3/t16-,19+/m0/s1. The molecule has 1 aromatic carbocycles. The third-order valence-electron chi connectivity index (χ3n) is 4.95. The molecule has 0 aliphatic carbocycles. The summed E-state index contributed by atoms with van der Waals surface area (Å²) in [5.74, 6) is 0.944. The maximum atomic E-state index is 14.0. The number of hydrogen-bond acceptors (Lipinski definition) is 3. The van der Waals surface area contributed by atoms with Crippen molar-refractivity contribution < 1.29 is 9.13 Å². The van der Waals surface area contributed by atoms with Gasteiger partial charge < -0.3 is 9.30 Å². The molecule has 0 unspecified atom stereocenters. The van der Waals surface area contributed by atoms with Crippen LogP contribution < -0.4 is 0 Å². The second kappa shape index (κ2) is 6.76. The number of imidazole rings is 1. The summed E-state index contributed by atoms with van der Waals surface area (Å²) in [6.45, 7) is 3.16. The summed E-state index contributed by atoms with van der Waals surface area (Å²) in [4.78, 5) is 8.58. The van der Waals surface area contributed by atoms with Crippen LogP contribution >= 0.6 is 0 Å². The van der Waals surface area contributed by atoms with Gasteiger partial charge in [0.2, 0.25) is 0 Å². The van der Waals surface area contributed by atoms with Crippen LogP contribution in [0.4, 0.5) is 4.39 Å². The zero-order chi connectivity index (χ0) is 17.2. The number of benzene rings is 1. The van der Waals surface area contributed by atoms with Gasteiger partial charge in [-0.05, 0) is 42.7 Å². The van der Waals surface area contributed by atoms with Gasteiger partial charge in [-0.25, -0.2) is 9.37 Å². The van der Waals surface area contributed by atoms with E-state index >= 15 is 0 Å². The van der Waals surface area contributed by atoms with Crippen LogP contribution in [-0.2, 0) is 11.2 Å². The lowest BCUT2D eigenvalue weighted by atomic mass is 9.95. The van der Waals surface area contributed by atoms with E-state index in [2.05, 4.69) is 14.5 Å². The maximum absolute atomic E-state index is 14.0. The summed E-state index contributed by atoms with van der Waals surface area (Å²) in [5.41, 5.74) is 2.71. The normalized spacial score (nSPS) is 20.1. The van der Waals surface area contributed by atoms with Crippen molar-refractivity contribution in [1.29, 1.82) is 0 Å². The molecule has 1 fully saturated rings. The highest BCUT2D eigenvalue weighted by Crippen LogP contribution is 2.33. The summed E-state index contributed by atoms with van der Waals surface area (Å²) in [7, 11) is 0. The molecule has 5 heteroatoms. The zero-order valence-electron chi connectivity index (χ0n) is 14.1. The van der Waals surface area contributed by atoms with Crippen LogP contribution in [0.3, 0.4) is 0 Å². The number of ether oxygens (including phenoxy) is 1. The molecule has 0 radical (unpaired) electrons. The first-order chi connectivity index (χ1) is 12.2. The molecule has 2 atom stereocenters. The van der Waals surface area contributed by atoms with Crippen LogP contribution in [0.25, 0.3) is 11.4 Å². The fraction of sp³-hybridized carbons (Fsp3) is 0.300. The molecule has 0 N–H and O–H groups in total. The highest BCUT2D eigenvalue weighted by Gasteiger charge is 2.31. The van der Waals surface area contributed by atoms with Crippen molar-refractivity contribution in [3.05, 3.63) is 72.1 Å². The topological polar surface area (TPSA) is 39.9 Å². The Hall–Kier alpha value is -2.53. The van der Waals surface area contributed by atoms with Crippen molar-refractivity contribution in [1.82, 2.24) is 14.5 Å². The van der Waals surface area contributed by atoms with Gasteiger partial charge in [0, 0.05) is 36.3 Å². The molecule has 4 nitrogen and oxygen atoms in total. The third kappa shape index (κ3) is 3.07. The van der Waals surface area contributed by atoms with E-state index in [9.17, 15) is 4.39 Å². The Kier molecular flexibility index (Phi) is 4.32. The summed E-state index contributed by atoms with van der Waals surface area (Å²) < 4.78 is 21.9. The number of pyridine rings is 1. The largest absolute Gasteiger partial charge is 0.379 e. The average molecular weight is 337 g/mol. The minimum Gasteiger partial charge on any atom is -0.379 e. The lowest BCUT2D eigenvalue weighted by Gasteiger charge is -2.22. The Morgan fingerprint density at radius 1 is 1.16 bits per heavy atom. The molecule has 0 spiro atoms. The lowest BCUT2D eigenvalue weighted by Crippen LogP contribution is -2.20. The molecule has 2 aromatic heterocycles. The molecular weight excluding hydrogens is 317 g/mol. The summed E-state index contributed by atoms with van der Waals surface area (Å²) >= 11 is 0. The van der Waals surface area contributed by atoms with Crippen molar-refractivity contribution in [2.45, 2.75) is 19.4 Å². The van der Waals surface area contributed by atoms with Crippen molar-refractivity contribution in [3.63, 3.8) is 0 Å². The fourth-order valence-electron chi connectivity index (χ4n) is 3.55. The molecule has 4 rings (SSSR count). The van der Waals surface area contributed by atoms with Gasteiger partial charge in [0.15, 0.2) is 0 Å². The Morgan fingerprint density at radius 2 is 2.00 bits per heavy atom. The van der Waals surface area contributed by atoms with Gasteiger partial charge in [0.25, 0.3) is 0 Å². The quantitative estimate of drug-likeness (QED) is 0.726. The maximum Gasteiger partial charge on any atom is 0.140 e. The van der Waals surface area contributed by atoms with E-state index in [1.807, 2.05) is 36.8 Å². The highest BCUT2D eigenvalue weighted by atomic mass is 19.1. The molecule has 25 heavy (non-hydrogen) atoms. The minimum absolute atomic E-state index is 0.188. The minimum atomic E-state index is -0.206. The third-order valence-corrected chi connectivity index (χ3v) is 4.95. The van der Waals surface area contributed by atoms with E-state index in [1.165, 1.54) is 11.6 Å². The van der Waals surface area contributed by atoms with E-state index in [1.54, 1.807) is 19.2 Å². The fourth-order valence-corrected chi connectivity index (χ4v) is 3.55. The second-order valence-electron chi connectivity index (χ2n) is 6.49. The van der Waals surface area contributed by atoms with Crippen LogP contribution in [0, 0.1) is 18.7 Å². The zero-order valence-corrected chi connectivity index (χ0v) is 14.1. The summed E-state index contributed by atoms with van der Waals surface area (Å²) in [6, 6.07) is 9.41. The molecule has 3 heterocycles. The van der Waals surface area contributed by atoms with Gasteiger partial charge in [0.1, 0.15) is 11.6 Å². The van der Waals surface area contributed by atoms with Gasteiger partial charge >= 0.3 is 0 Å². The molecule has 0 saturated carbocycles. The van der Waals surface area contributed by atoms with E-state index in [0.29, 0.717) is 24.7 Å². The molecule has 3 aromatic rings. The number of hydrogen-bond donors (Lipinski definition) is 0. The average Bonchev–Trinajstić information content (AvgIpc) is 3.27.